The average molecular weight is 291 g/mol. The van der Waals surface area contributed by atoms with Crippen molar-refractivity contribution in [1.82, 2.24) is 10.2 Å². The van der Waals surface area contributed by atoms with Crippen LogP contribution >= 0.6 is 0 Å². The zero-order valence-electron chi connectivity index (χ0n) is 12.2. The van der Waals surface area contributed by atoms with Crippen molar-refractivity contribution in [2.24, 2.45) is 0 Å². The summed E-state index contributed by atoms with van der Waals surface area (Å²) in [6.07, 6.45) is 0.792. The Morgan fingerprint density at radius 2 is 2.33 bits per heavy atom. The minimum atomic E-state index is -0.0873. The predicted octanol–water partition coefficient (Wildman–Crippen LogP) is 0.846. The lowest BCUT2D eigenvalue weighted by molar-refractivity contribution is -0.129. The van der Waals surface area contributed by atoms with E-state index in [4.69, 9.17) is 15.2 Å². The number of fused-ring (bicyclic) bond motifs is 1. The molecule has 6 nitrogen and oxygen atoms in total. The number of hydrogen-bond acceptors (Lipinski definition) is 5. The van der Waals surface area contributed by atoms with Gasteiger partial charge in [0, 0.05) is 36.4 Å². The Balaban J connectivity index is 1.87. The van der Waals surface area contributed by atoms with E-state index in [0.29, 0.717) is 25.4 Å². The smallest absolute Gasteiger partial charge is 0.237 e. The number of carbonyl (C=O) groups is 1. The summed E-state index contributed by atoms with van der Waals surface area (Å²) in [5.74, 6) is 0.960. The summed E-state index contributed by atoms with van der Waals surface area (Å²) in [7, 11) is 0. The Hall–Kier alpha value is -1.79. The molecule has 2 aliphatic rings. The van der Waals surface area contributed by atoms with Gasteiger partial charge in [0.25, 0.3) is 0 Å². The number of benzene rings is 1. The van der Waals surface area contributed by atoms with Crippen LogP contribution in [0.25, 0.3) is 0 Å². The van der Waals surface area contributed by atoms with Crippen LogP contribution in [0.2, 0.25) is 0 Å². The SMILES string of the molecule is CCC1C(=O)NCCN1Cc1cc(N)cc2c1OCOC2. The van der Waals surface area contributed by atoms with E-state index in [9.17, 15) is 4.79 Å². The maximum atomic E-state index is 12.0. The molecule has 3 N–H and O–H groups in total. The lowest BCUT2D eigenvalue weighted by Gasteiger charge is -2.35. The van der Waals surface area contributed by atoms with Crippen LogP contribution in [0.5, 0.6) is 5.75 Å². The molecule has 2 aliphatic heterocycles. The van der Waals surface area contributed by atoms with Gasteiger partial charge in [0.1, 0.15) is 5.75 Å². The lowest BCUT2D eigenvalue weighted by atomic mass is 10.0. The second kappa shape index (κ2) is 5.91. The molecular formula is C15H21N3O3. The fourth-order valence-corrected chi connectivity index (χ4v) is 3.06. The fraction of sp³-hybridized carbons (Fsp3) is 0.533. The maximum Gasteiger partial charge on any atom is 0.237 e. The molecule has 3 rings (SSSR count). The summed E-state index contributed by atoms with van der Waals surface area (Å²) < 4.78 is 10.9. The Bertz CT molecular complexity index is 547. The third-order valence-electron chi connectivity index (χ3n) is 4.01. The summed E-state index contributed by atoms with van der Waals surface area (Å²) in [5.41, 5.74) is 8.68. The van der Waals surface area contributed by atoms with E-state index in [1.165, 1.54) is 0 Å². The lowest BCUT2D eigenvalue weighted by Crippen LogP contribution is -2.54. The quantitative estimate of drug-likeness (QED) is 0.807. The van der Waals surface area contributed by atoms with Gasteiger partial charge in [-0.05, 0) is 18.6 Å². The first-order chi connectivity index (χ1) is 10.2. The largest absolute Gasteiger partial charge is 0.467 e. The maximum absolute atomic E-state index is 12.0. The Morgan fingerprint density at radius 3 is 3.14 bits per heavy atom. The molecule has 0 bridgehead atoms. The highest BCUT2D eigenvalue weighted by Gasteiger charge is 2.29. The molecule has 6 heteroatoms. The molecule has 0 aromatic heterocycles. The van der Waals surface area contributed by atoms with E-state index in [-0.39, 0.29) is 18.7 Å². The molecular weight excluding hydrogens is 270 g/mol. The van der Waals surface area contributed by atoms with Crippen molar-refractivity contribution >= 4 is 11.6 Å². The molecule has 2 heterocycles. The number of piperazine rings is 1. The summed E-state index contributed by atoms with van der Waals surface area (Å²) in [4.78, 5) is 14.1. The topological polar surface area (TPSA) is 76.8 Å². The number of carbonyl (C=O) groups excluding carboxylic acids is 1. The van der Waals surface area contributed by atoms with E-state index < -0.39 is 0 Å². The molecule has 1 saturated heterocycles. The summed E-state index contributed by atoms with van der Waals surface area (Å²) >= 11 is 0. The van der Waals surface area contributed by atoms with Crippen molar-refractivity contribution in [2.75, 3.05) is 25.6 Å². The van der Waals surface area contributed by atoms with Crippen molar-refractivity contribution < 1.29 is 14.3 Å². The van der Waals surface area contributed by atoms with Crippen molar-refractivity contribution in [3.05, 3.63) is 23.3 Å². The number of ether oxygens (including phenoxy) is 2. The molecule has 1 atom stereocenters. The van der Waals surface area contributed by atoms with Gasteiger partial charge in [-0.25, -0.2) is 0 Å². The van der Waals surface area contributed by atoms with E-state index in [0.717, 1.165) is 29.8 Å². The summed E-state index contributed by atoms with van der Waals surface area (Å²) in [6.45, 7) is 5.00. The van der Waals surface area contributed by atoms with Crippen molar-refractivity contribution in [1.29, 1.82) is 0 Å². The highest BCUT2D eigenvalue weighted by molar-refractivity contribution is 5.82. The van der Waals surface area contributed by atoms with Gasteiger partial charge in [0.15, 0.2) is 6.79 Å². The molecule has 0 aliphatic carbocycles. The number of amides is 1. The molecule has 0 saturated carbocycles. The molecule has 21 heavy (non-hydrogen) atoms. The molecule has 114 valence electrons. The number of rotatable bonds is 3. The van der Waals surface area contributed by atoms with E-state index in [2.05, 4.69) is 10.2 Å². The number of nitrogens with two attached hydrogens (primary N) is 1. The number of nitrogens with zero attached hydrogens (tertiary/aromatic N) is 1. The monoisotopic (exact) mass is 291 g/mol. The van der Waals surface area contributed by atoms with Crippen LogP contribution < -0.4 is 15.8 Å². The van der Waals surface area contributed by atoms with Gasteiger partial charge in [-0.2, -0.15) is 0 Å². The normalized spacial score (nSPS) is 22.3. The van der Waals surface area contributed by atoms with Crippen LogP contribution in [0, 0.1) is 0 Å². The third-order valence-corrected chi connectivity index (χ3v) is 4.01. The minimum absolute atomic E-state index is 0.0873. The van der Waals surface area contributed by atoms with Gasteiger partial charge < -0.3 is 20.5 Å². The molecule has 1 aromatic rings. The molecule has 0 radical (unpaired) electrons. The molecule has 1 amide bonds. The fourth-order valence-electron chi connectivity index (χ4n) is 3.06. The zero-order valence-corrected chi connectivity index (χ0v) is 12.2. The van der Waals surface area contributed by atoms with Gasteiger partial charge in [-0.1, -0.05) is 6.92 Å². The van der Waals surface area contributed by atoms with Gasteiger partial charge in [0.2, 0.25) is 5.91 Å². The zero-order chi connectivity index (χ0) is 14.8. The highest BCUT2D eigenvalue weighted by atomic mass is 16.7. The van der Waals surface area contributed by atoms with E-state index in [1.54, 1.807) is 0 Å². The van der Waals surface area contributed by atoms with Crippen molar-refractivity contribution in [3.63, 3.8) is 0 Å². The Morgan fingerprint density at radius 1 is 1.48 bits per heavy atom. The van der Waals surface area contributed by atoms with E-state index >= 15 is 0 Å². The van der Waals surface area contributed by atoms with Crippen LogP contribution in [0.4, 0.5) is 5.69 Å². The Kier molecular flexibility index (Phi) is 3.98. The van der Waals surface area contributed by atoms with Crippen molar-refractivity contribution in [2.45, 2.75) is 32.5 Å². The molecule has 0 spiro atoms. The Labute approximate surface area is 124 Å². The van der Waals surface area contributed by atoms with Crippen LogP contribution in [0.1, 0.15) is 24.5 Å². The number of anilines is 1. The number of hydrogen-bond donors (Lipinski definition) is 2. The van der Waals surface area contributed by atoms with Gasteiger partial charge >= 0.3 is 0 Å². The minimum Gasteiger partial charge on any atom is -0.467 e. The average Bonchev–Trinajstić information content (AvgIpc) is 2.47. The van der Waals surface area contributed by atoms with E-state index in [1.807, 2.05) is 19.1 Å². The third kappa shape index (κ3) is 2.82. The first-order valence-corrected chi connectivity index (χ1v) is 7.32. The predicted molar refractivity (Wildman–Crippen MR) is 78.6 cm³/mol. The van der Waals surface area contributed by atoms with Gasteiger partial charge in [-0.3, -0.25) is 9.69 Å². The first kappa shape index (κ1) is 14.2. The molecule has 1 unspecified atom stereocenters. The first-order valence-electron chi connectivity index (χ1n) is 7.32. The van der Waals surface area contributed by atoms with Crippen LogP contribution in [0.15, 0.2) is 12.1 Å². The van der Waals surface area contributed by atoms with Crippen molar-refractivity contribution in [3.8, 4) is 5.75 Å². The van der Waals surface area contributed by atoms with Crippen LogP contribution in [-0.4, -0.2) is 36.7 Å². The number of nitrogen functional groups attached to an aromatic ring is 1. The second-order valence-electron chi connectivity index (χ2n) is 5.46. The van der Waals surface area contributed by atoms with Crippen LogP contribution in [-0.2, 0) is 22.7 Å². The molecule has 1 fully saturated rings. The standard InChI is InChI=1S/C15H21N3O3/c1-2-13-15(19)17-3-4-18(13)7-10-5-12(16)6-11-8-20-9-21-14(10)11/h5-6,13H,2-4,7-9,16H2,1H3,(H,17,19). The highest BCUT2D eigenvalue weighted by Crippen LogP contribution is 2.32. The van der Waals surface area contributed by atoms with Gasteiger partial charge in [-0.15, -0.1) is 0 Å². The summed E-state index contributed by atoms with van der Waals surface area (Å²) in [6, 6.07) is 3.73. The second-order valence-corrected chi connectivity index (χ2v) is 5.46. The van der Waals surface area contributed by atoms with Gasteiger partial charge in [0.05, 0.1) is 12.6 Å². The van der Waals surface area contributed by atoms with Crippen LogP contribution in [0.3, 0.4) is 0 Å². The number of nitrogens with one attached hydrogen (secondary N) is 1. The summed E-state index contributed by atoms with van der Waals surface area (Å²) in [5, 5.41) is 2.92. The molecule has 1 aromatic carbocycles.